The van der Waals surface area contributed by atoms with Crippen molar-refractivity contribution in [3.8, 4) is 0 Å². The summed E-state index contributed by atoms with van der Waals surface area (Å²) in [6.07, 6.45) is 0. The van der Waals surface area contributed by atoms with Gasteiger partial charge in [0.05, 0.1) is 6.54 Å². The van der Waals surface area contributed by atoms with Crippen LogP contribution < -0.4 is 0 Å². The first-order chi connectivity index (χ1) is 13.9. The number of ketones is 3. The average Bonchev–Trinajstić information content (AvgIpc) is 2.72. The average molecular weight is 385 g/mol. The van der Waals surface area contributed by atoms with Gasteiger partial charge in [0.25, 0.3) is 0 Å². The van der Waals surface area contributed by atoms with Crippen LogP contribution in [-0.4, -0.2) is 42.9 Å². The van der Waals surface area contributed by atoms with Gasteiger partial charge in [0.2, 0.25) is 0 Å². The molecule has 1 aliphatic carbocycles. The van der Waals surface area contributed by atoms with Gasteiger partial charge in [-0.15, -0.1) is 0 Å². The Morgan fingerprint density at radius 2 is 1.24 bits per heavy atom. The molecule has 3 aromatic carbocycles. The highest BCUT2D eigenvalue weighted by atomic mass is 16.1. The highest BCUT2D eigenvalue weighted by Gasteiger charge is 2.28. The van der Waals surface area contributed by atoms with Crippen molar-refractivity contribution in [1.29, 1.82) is 0 Å². The fraction of sp³-hybridized carbons (Fsp3) is 0.160. The van der Waals surface area contributed by atoms with Gasteiger partial charge in [-0.2, -0.15) is 0 Å². The molecular weight excluding hydrogens is 362 g/mol. The molecule has 0 amide bonds. The number of hydrogen-bond acceptors (Lipinski definition) is 4. The van der Waals surface area contributed by atoms with Crippen molar-refractivity contribution >= 4 is 17.3 Å². The van der Waals surface area contributed by atoms with Gasteiger partial charge in [-0.25, -0.2) is 0 Å². The zero-order valence-electron chi connectivity index (χ0n) is 16.8. The zero-order chi connectivity index (χ0) is 21.0. The molecule has 4 nitrogen and oxygen atoms in total. The predicted molar refractivity (Wildman–Crippen MR) is 114 cm³/mol. The van der Waals surface area contributed by atoms with Crippen LogP contribution in [0.25, 0.3) is 0 Å². The minimum atomic E-state index is -0.0600. The highest BCUT2D eigenvalue weighted by molar-refractivity contribution is 6.28. The van der Waals surface area contributed by atoms with Gasteiger partial charge in [0, 0.05) is 27.8 Å². The van der Waals surface area contributed by atoms with Crippen LogP contribution in [0.4, 0.5) is 0 Å². The van der Waals surface area contributed by atoms with Crippen LogP contribution in [0.3, 0.4) is 0 Å². The molecule has 146 valence electrons. The minimum absolute atomic E-state index is 0.0566. The van der Waals surface area contributed by atoms with Crippen molar-refractivity contribution in [3.05, 3.63) is 106 Å². The third-order valence-corrected chi connectivity index (χ3v) is 4.64. The summed E-state index contributed by atoms with van der Waals surface area (Å²) < 4.78 is 0. The second kappa shape index (κ2) is 8.76. The molecule has 1 aliphatic rings. The zero-order valence-corrected chi connectivity index (χ0v) is 16.8. The largest absolute Gasteiger partial charge is 0.302 e. The van der Waals surface area contributed by atoms with E-state index in [2.05, 4.69) is 0 Å². The maximum absolute atomic E-state index is 12.3. The van der Waals surface area contributed by atoms with Crippen molar-refractivity contribution in [3.63, 3.8) is 0 Å². The van der Waals surface area contributed by atoms with E-state index in [1.807, 2.05) is 62.3 Å². The van der Waals surface area contributed by atoms with E-state index < -0.39 is 0 Å². The second-order valence-corrected chi connectivity index (χ2v) is 7.28. The number of hydrogen-bond donors (Lipinski definition) is 0. The Balaban J connectivity index is 0.000000177. The highest BCUT2D eigenvalue weighted by Crippen LogP contribution is 2.27. The first-order valence-electron chi connectivity index (χ1n) is 9.40. The Morgan fingerprint density at radius 1 is 0.724 bits per heavy atom. The lowest BCUT2D eigenvalue weighted by molar-refractivity contribution is 0.0957. The van der Waals surface area contributed by atoms with E-state index in [0.717, 1.165) is 11.1 Å². The Labute approximate surface area is 170 Å². The van der Waals surface area contributed by atoms with Gasteiger partial charge in [0.1, 0.15) is 0 Å². The van der Waals surface area contributed by atoms with Gasteiger partial charge in [-0.3, -0.25) is 14.4 Å². The molecule has 3 aromatic rings. The summed E-state index contributed by atoms with van der Waals surface area (Å²) in [6, 6.07) is 21.7. The Kier molecular flexibility index (Phi) is 6.15. The molecule has 0 fully saturated rings. The van der Waals surface area contributed by atoms with Crippen molar-refractivity contribution in [1.82, 2.24) is 4.90 Å². The summed E-state index contributed by atoms with van der Waals surface area (Å²) in [7, 11) is 3.78. The SMILES string of the molecule is CN(C)CC(=O)c1ccccc1.Cc1ccc2c(c1)C(=O)c1ccccc1C2=O. The quantitative estimate of drug-likeness (QED) is 0.496. The van der Waals surface area contributed by atoms with Crippen molar-refractivity contribution in [2.45, 2.75) is 6.92 Å². The molecule has 29 heavy (non-hydrogen) atoms. The Morgan fingerprint density at radius 3 is 1.83 bits per heavy atom. The van der Waals surface area contributed by atoms with Crippen LogP contribution in [0.5, 0.6) is 0 Å². The van der Waals surface area contributed by atoms with E-state index in [4.69, 9.17) is 0 Å². The number of carbonyl (C=O) groups excluding carboxylic acids is 3. The molecular formula is C25H23NO3. The van der Waals surface area contributed by atoms with Gasteiger partial charge in [0.15, 0.2) is 17.3 Å². The lowest BCUT2D eigenvalue weighted by Gasteiger charge is -2.17. The third-order valence-electron chi connectivity index (χ3n) is 4.64. The van der Waals surface area contributed by atoms with E-state index in [0.29, 0.717) is 28.8 Å². The normalized spacial score (nSPS) is 12.0. The first-order valence-corrected chi connectivity index (χ1v) is 9.40. The number of carbonyl (C=O) groups is 3. The molecule has 0 aromatic heterocycles. The summed E-state index contributed by atoms with van der Waals surface area (Å²) >= 11 is 0. The molecule has 0 spiro atoms. The lowest BCUT2D eigenvalue weighted by atomic mass is 9.83. The molecule has 0 bridgehead atoms. The second-order valence-electron chi connectivity index (χ2n) is 7.28. The lowest BCUT2D eigenvalue weighted by Crippen LogP contribution is -2.21. The number of benzene rings is 3. The number of fused-ring (bicyclic) bond motifs is 2. The number of rotatable bonds is 3. The molecule has 0 N–H and O–H groups in total. The van der Waals surface area contributed by atoms with Gasteiger partial charge >= 0.3 is 0 Å². The van der Waals surface area contributed by atoms with Crippen LogP contribution in [0.15, 0.2) is 72.8 Å². The molecule has 0 aliphatic heterocycles. The smallest absolute Gasteiger partial charge is 0.194 e. The molecule has 4 rings (SSSR count). The van der Waals surface area contributed by atoms with Crippen molar-refractivity contribution < 1.29 is 14.4 Å². The van der Waals surface area contributed by atoms with Gasteiger partial charge < -0.3 is 4.90 Å². The first kappa shape index (κ1) is 20.4. The van der Waals surface area contributed by atoms with E-state index in [1.54, 1.807) is 36.4 Å². The molecule has 0 saturated carbocycles. The molecule has 0 radical (unpaired) electrons. The predicted octanol–water partition coefficient (Wildman–Crippen LogP) is 4.20. The number of aryl methyl sites for hydroxylation is 1. The molecule has 0 heterocycles. The number of likely N-dealkylation sites (N-methyl/N-ethyl adjacent to an activating group) is 1. The van der Waals surface area contributed by atoms with E-state index >= 15 is 0 Å². The maximum Gasteiger partial charge on any atom is 0.194 e. The fourth-order valence-corrected chi connectivity index (χ4v) is 3.22. The standard InChI is InChI=1S/C15H10O2.C10H13NO/c1-9-6-7-12-13(8-9)15(17)11-5-3-2-4-10(11)14(12)16;1-11(2)8-10(12)9-6-4-3-5-7-9/h2-8H,1H3;3-7H,8H2,1-2H3. The topological polar surface area (TPSA) is 54.5 Å². The fourth-order valence-electron chi connectivity index (χ4n) is 3.22. The van der Waals surface area contributed by atoms with Crippen molar-refractivity contribution in [2.75, 3.05) is 20.6 Å². The Hall–Kier alpha value is -3.37. The van der Waals surface area contributed by atoms with E-state index in [9.17, 15) is 14.4 Å². The molecule has 0 saturated heterocycles. The number of Topliss-reactive ketones (excluding diaryl/α,β-unsaturated/α-hetero) is 1. The maximum atomic E-state index is 12.3. The molecule has 4 heteroatoms. The van der Waals surface area contributed by atoms with Crippen molar-refractivity contribution in [2.24, 2.45) is 0 Å². The number of nitrogens with zero attached hydrogens (tertiary/aromatic N) is 1. The summed E-state index contributed by atoms with van der Waals surface area (Å²) in [5.41, 5.74) is 3.83. The molecule has 0 atom stereocenters. The minimum Gasteiger partial charge on any atom is -0.302 e. The summed E-state index contributed by atoms with van der Waals surface area (Å²) in [5.74, 6) is 0.0506. The molecule has 0 unspecified atom stereocenters. The monoisotopic (exact) mass is 385 g/mol. The summed E-state index contributed by atoms with van der Waals surface area (Å²) in [6.45, 7) is 2.39. The van der Waals surface area contributed by atoms with Crippen LogP contribution in [0.2, 0.25) is 0 Å². The van der Waals surface area contributed by atoms with Crippen LogP contribution in [-0.2, 0) is 0 Å². The van der Waals surface area contributed by atoms with E-state index in [1.165, 1.54) is 0 Å². The summed E-state index contributed by atoms with van der Waals surface area (Å²) in [4.78, 5) is 37.7. The van der Waals surface area contributed by atoms with E-state index in [-0.39, 0.29) is 17.3 Å². The third kappa shape index (κ3) is 4.55. The van der Waals surface area contributed by atoms with Crippen LogP contribution in [0.1, 0.15) is 47.8 Å². The van der Waals surface area contributed by atoms with Gasteiger partial charge in [-0.1, -0.05) is 72.3 Å². The Bertz CT molecular complexity index is 1070. The summed E-state index contributed by atoms with van der Waals surface area (Å²) in [5, 5.41) is 0. The van der Waals surface area contributed by atoms with Crippen LogP contribution in [0, 0.1) is 6.92 Å². The van der Waals surface area contributed by atoms with Crippen LogP contribution >= 0.6 is 0 Å². The van der Waals surface area contributed by atoms with Gasteiger partial charge in [-0.05, 0) is 27.1 Å².